The van der Waals surface area contributed by atoms with Crippen LogP contribution >= 0.6 is 0 Å². The van der Waals surface area contributed by atoms with Crippen LogP contribution in [0.4, 0.5) is 30.8 Å². The van der Waals surface area contributed by atoms with E-state index in [1.54, 1.807) is 30.3 Å². The Balaban J connectivity index is 1.52. The molecule has 0 aliphatic rings. The predicted molar refractivity (Wildman–Crippen MR) is 103 cm³/mol. The van der Waals surface area contributed by atoms with Crippen LogP contribution in [-0.2, 0) is 6.18 Å². The van der Waals surface area contributed by atoms with E-state index in [1.165, 1.54) is 18.3 Å². The molecule has 0 fully saturated rings. The van der Waals surface area contributed by atoms with Gasteiger partial charge in [0.2, 0.25) is 17.8 Å². The number of rotatable bonds is 5. The molecule has 0 spiro atoms. The van der Waals surface area contributed by atoms with Crippen LogP contribution in [0.5, 0.6) is 11.6 Å². The van der Waals surface area contributed by atoms with Crippen LogP contribution in [0, 0.1) is 0 Å². The Morgan fingerprint density at radius 1 is 1.00 bits per heavy atom. The van der Waals surface area contributed by atoms with Gasteiger partial charge in [-0.3, -0.25) is 5.10 Å². The number of nitrogens with zero attached hydrogens (tertiary/aromatic N) is 4. The van der Waals surface area contributed by atoms with Crippen molar-refractivity contribution in [3.05, 3.63) is 66.4 Å². The molecule has 0 atom stereocenters. The highest BCUT2D eigenvalue weighted by atomic mass is 19.4. The second kappa shape index (κ2) is 7.70. The fraction of sp³-hybridized carbons (Fsp3) is 0.0526. The molecular formula is C19H14F3N7O. The normalized spacial score (nSPS) is 11.3. The van der Waals surface area contributed by atoms with E-state index in [0.717, 1.165) is 12.1 Å². The van der Waals surface area contributed by atoms with Gasteiger partial charge in [0.25, 0.3) is 0 Å². The lowest BCUT2D eigenvalue weighted by molar-refractivity contribution is -0.137. The lowest BCUT2D eigenvalue weighted by Gasteiger charge is -2.08. The maximum atomic E-state index is 12.9. The zero-order valence-corrected chi connectivity index (χ0v) is 15.2. The van der Waals surface area contributed by atoms with Crippen molar-refractivity contribution in [3.63, 3.8) is 0 Å². The maximum Gasteiger partial charge on any atom is 0.416 e. The Morgan fingerprint density at radius 3 is 2.63 bits per heavy atom. The number of halogens is 3. The van der Waals surface area contributed by atoms with Crippen LogP contribution < -0.4 is 15.8 Å². The number of nitrogens with two attached hydrogens (primary N) is 1. The van der Waals surface area contributed by atoms with E-state index in [2.05, 4.69) is 30.5 Å². The molecular weight excluding hydrogens is 399 g/mol. The van der Waals surface area contributed by atoms with Gasteiger partial charge in [-0.1, -0.05) is 18.2 Å². The molecule has 0 aliphatic carbocycles. The Labute approximate surface area is 168 Å². The Hall–Kier alpha value is -4.15. The van der Waals surface area contributed by atoms with Gasteiger partial charge >= 0.3 is 6.18 Å². The summed E-state index contributed by atoms with van der Waals surface area (Å²) >= 11 is 0. The molecule has 0 radical (unpaired) electrons. The minimum atomic E-state index is -4.43. The molecule has 30 heavy (non-hydrogen) atoms. The molecule has 2 aromatic heterocycles. The van der Waals surface area contributed by atoms with Gasteiger partial charge in [-0.25, -0.2) is 4.98 Å². The average molecular weight is 413 g/mol. The van der Waals surface area contributed by atoms with Crippen molar-refractivity contribution in [1.82, 2.24) is 25.1 Å². The van der Waals surface area contributed by atoms with Gasteiger partial charge in [-0.05, 0) is 30.3 Å². The van der Waals surface area contributed by atoms with Crippen LogP contribution in [0.25, 0.3) is 11.4 Å². The SMILES string of the molecule is Nc1nccc(Oc2cccc(-c3nc(Nc4cccc(C(F)(F)F)c4)n[nH]3)c2)n1. The summed E-state index contributed by atoms with van der Waals surface area (Å²) in [6.07, 6.45) is -2.96. The Kier molecular flexibility index (Phi) is 4.92. The van der Waals surface area contributed by atoms with Crippen molar-refractivity contribution in [3.8, 4) is 23.0 Å². The summed E-state index contributed by atoms with van der Waals surface area (Å²) in [4.78, 5) is 12.0. The van der Waals surface area contributed by atoms with Crippen LogP contribution in [0.15, 0.2) is 60.8 Å². The zero-order chi connectivity index (χ0) is 21.1. The number of alkyl halides is 3. The molecule has 11 heteroatoms. The number of anilines is 3. The van der Waals surface area contributed by atoms with E-state index in [4.69, 9.17) is 10.5 Å². The Morgan fingerprint density at radius 2 is 1.83 bits per heavy atom. The molecule has 4 N–H and O–H groups in total. The van der Waals surface area contributed by atoms with E-state index in [9.17, 15) is 13.2 Å². The number of H-pyrrole nitrogens is 1. The first-order valence-corrected chi connectivity index (χ1v) is 8.60. The number of benzene rings is 2. The van der Waals surface area contributed by atoms with Gasteiger partial charge < -0.3 is 15.8 Å². The summed E-state index contributed by atoms with van der Waals surface area (Å²) in [5.74, 6) is 1.37. The molecule has 0 amide bonds. The van der Waals surface area contributed by atoms with Crippen molar-refractivity contribution in [2.75, 3.05) is 11.1 Å². The summed E-state index contributed by atoms with van der Waals surface area (Å²) < 4.78 is 44.2. The molecule has 0 saturated carbocycles. The third-order valence-electron chi connectivity index (χ3n) is 3.91. The third-order valence-corrected chi connectivity index (χ3v) is 3.91. The first-order chi connectivity index (χ1) is 14.4. The van der Waals surface area contributed by atoms with Crippen LogP contribution in [0.2, 0.25) is 0 Å². The van der Waals surface area contributed by atoms with Gasteiger partial charge in [0.1, 0.15) is 5.75 Å². The monoisotopic (exact) mass is 413 g/mol. The lowest BCUT2D eigenvalue weighted by Crippen LogP contribution is -2.05. The van der Waals surface area contributed by atoms with E-state index in [0.29, 0.717) is 17.1 Å². The number of aromatic amines is 1. The summed E-state index contributed by atoms with van der Waals surface area (Å²) in [5, 5.41) is 9.49. The molecule has 0 saturated heterocycles. The number of aromatic nitrogens is 5. The molecule has 4 rings (SSSR count). The first-order valence-electron chi connectivity index (χ1n) is 8.60. The number of hydrogen-bond acceptors (Lipinski definition) is 7. The highest BCUT2D eigenvalue weighted by Crippen LogP contribution is 2.31. The minimum absolute atomic E-state index is 0.0872. The molecule has 2 heterocycles. The highest BCUT2D eigenvalue weighted by molar-refractivity contribution is 5.61. The predicted octanol–water partition coefficient (Wildman–Crippen LogP) is 4.40. The average Bonchev–Trinajstić information content (AvgIpc) is 3.16. The number of ether oxygens (including phenoxy) is 1. The van der Waals surface area contributed by atoms with E-state index < -0.39 is 11.7 Å². The molecule has 152 valence electrons. The highest BCUT2D eigenvalue weighted by Gasteiger charge is 2.30. The Bertz CT molecular complexity index is 1180. The number of nitrogen functional groups attached to an aromatic ring is 1. The minimum Gasteiger partial charge on any atom is -0.439 e. The van der Waals surface area contributed by atoms with Gasteiger partial charge in [0, 0.05) is 23.5 Å². The van der Waals surface area contributed by atoms with Crippen LogP contribution in [0.1, 0.15) is 5.56 Å². The van der Waals surface area contributed by atoms with Crippen molar-refractivity contribution in [2.45, 2.75) is 6.18 Å². The van der Waals surface area contributed by atoms with E-state index in [1.807, 2.05) is 0 Å². The number of hydrogen-bond donors (Lipinski definition) is 3. The third kappa shape index (κ3) is 4.46. The second-order valence-corrected chi connectivity index (χ2v) is 6.09. The van der Waals surface area contributed by atoms with Crippen molar-refractivity contribution < 1.29 is 17.9 Å². The summed E-state index contributed by atoms with van der Waals surface area (Å²) in [7, 11) is 0. The topological polar surface area (TPSA) is 115 Å². The van der Waals surface area contributed by atoms with Gasteiger partial charge in [-0.15, -0.1) is 5.10 Å². The molecule has 0 bridgehead atoms. The quantitative estimate of drug-likeness (QED) is 0.444. The molecule has 8 nitrogen and oxygen atoms in total. The second-order valence-electron chi connectivity index (χ2n) is 6.09. The summed E-state index contributed by atoms with van der Waals surface area (Å²) in [5.41, 5.74) is 5.64. The van der Waals surface area contributed by atoms with Crippen molar-refractivity contribution >= 4 is 17.6 Å². The largest absolute Gasteiger partial charge is 0.439 e. The molecule has 2 aromatic carbocycles. The van der Waals surface area contributed by atoms with E-state index >= 15 is 0 Å². The fourth-order valence-electron chi connectivity index (χ4n) is 2.59. The van der Waals surface area contributed by atoms with Crippen LogP contribution in [0.3, 0.4) is 0 Å². The smallest absolute Gasteiger partial charge is 0.416 e. The van der Waals surface area contributed by atoms with Gasteiger partial charge in [-0.2, -0.15) is 23.1 Å². The molecule has 0 unspecified atom stereocenters. The fourth-order valence-corrected chi connectivity index (χ4v) is 2.59. The number of nitrogens with one attached hydrogen (secondary N) is 2. The molecule has 0 aliphatic heterocycles. The summed E-state index contributed by atoms with van der Waals surface area (Å²) in [6.45, 7) is 0. The first kappa shape index (κ1) is 19.2. The van der Waals surface area contributed by atoms with Crippen molar-refractivity contribution in [2.24, 2.45) is 0 Å². The molecule has 4 aromatic rings. The zero-order valence-electron chi connectivity index (χ0n) is 15.2. The maximum absolute atomic E-state index is 12.9. The van der Waals surface area contributed by atoms with Gasteiger partial charge in [0.15, 0.2) is 5.82 Å². The van der Waals surface area contributed by atoms with Crippen LogP contribution in [-0.4, -0.2) is 25.1 Å². The summed E-state index contributed by atoms with van der Waals surface area (Å²) in [6, 6.07) is 13.3. The standard InChI is InChI=1S/C19H14F3N7O/c20-19(21,22)12-4-2-5-13(10-12)25-18-27-16(28-29-18)11-3-1-6-14(9-11)30-15-7-8-24-17(23)26-15/h1-10H,(H2,23,24,26)(H2,25,27,28,29). The van der Waals surface area contributed by atoms with E-state index in [-0.39, 0.29) is 23.5 Å². The van der Waals surface area contributed by atoms with Crippen molar-refractivity contribution in [1.29, 1.82) is 0 Å². The van der Waals surface area contributed by atoms with Gasteiger partial charge in [0.05, 0.1) is 5.56 Å². The lowest BCUT2D eigenvalue weighted by atomic mass is 10.2.